The SMILES string of the molecule is COc1ccc(C(O)c2cc(Cl)sc2Cl)c(Br)c1. The van der Waals surface area contributed by atoms with Crippen molar-refractivity contribution in [1.82, 2.24) is 0 Å². The molecule has 96 valence electrons. The second-order valence-electron chi connectivity index (χ2n) is 3.57. The number of benzene rings is 1. The molecule has 0 aliphatic rings. The number of ether oxygens (including phenoxy) is 1. The van der Waals surface area contributed by atoms with Gasteiger partial charge in [0.25, 0.3) is 0 Å². The molecule has 2 aromatic rings. The Balaban J connectivity index is 2.39. The Hall–Kier alpha value is -0.260. The zero-order valence-corrected chi connectivity index (χ0v) is 13.2. The summed E-state index contributed by atoms with van der Waals surface area (Å²) in [4.78, 5) is 0. The number of rotatable bonds is 3. The van der Waals surface area contributed by atoms with E-state index in [0.717, 1.165) is 4.47 Å². The molecule has 1 atom stereocenters. The molecule has 1 aromatic heterocycles. The summed E-state index contributed by atoms with van der Waals surface area (Å²) in [7, 11) is 1.59. The van der Waals surface area contributed by atoms with E-state index in [9.17, 15) is 5.11 Å². The van der Waals surface area contributed by atoms with Crippen molar-refractivity contribution in [2.45, 2.75) is 6.10 Å². The van der Waals surface area contributed by atoms with Crippen molar-refractivity contribution in [1.29, 1.82) is 0 Å². The van der Waals surface area contributed by atoms with Gasteiger partial charge < -0.3 is 9.84 Å². The van der Waals surface area contributed by atoms with Gasteiger partial charge in [0.05, 0.1) is 11.4 Å². The Morgan fingerprint density at radius 3 is 2.50 bits per heavy atom. The molecule has 2 rings (SSSR count). The van der Waals surface area contributed by atoms with Gasteiger partial charge in [0.1, 0.15) is 16.2 Å². The zero-order chi connectivity index (χ0) is 13.3. The molecular weight excluding hydrogens is 359 g/mol. The summed E-state index contributed by atoms with van der Waals surface area (Å²) in [6.07, 6.45) is -0.818. The van der Waals surface area contributed by atoms with Gasteiger partial charge in [0.2, 0.25) is 0 Å². The molecule has 18 heavy (non-hydrogen) atoms. The minimum Gasteiger partial charge on any atom is -0.497 e. The summed E-state index contributed by atoms with van der Waals surface area (Å²) in [5.74, 6) is 0.715. The van der Waals surface area contributed by atoms with E-state index >= 15 is 0 Å². The average Bonchev–Trinajstić information content (AvgIpc) is 2.67. The van der Waals surface area contributed by atoms with Crippen LogP contribution in [0.1, 0.15) is 17.2 Å². The van der Waals surface area contributed by atoms with Crippen molar-refractivity contribution in [2.75, 3.05) is 7.11 Å². The Morgan fingerprint density at radius 2 is 2.00 bits per heavy atom. The van der Waals surface area contributed by atoms with Crippen molar-refractivity contribution in [2.24, 2.45) is 0 Å². The summed E-state index contributed by atoms with van der Waals surface area (Å²) in [5, 5.41) is 10.3. The maximum absolute atomic E-state index is 10.3. The number of aliphatic hydroxyl groups excluding tert-OH is 1. The Labute approximate surface area is 127 Å². The Bertz CT molecular complexity index is 571. The molecular formula is C12H9BrCl2O2S. The van der Waals surface area contributed by atoms with Crippen LogP contribution >= 0.6 is 50.5 Å². The van der Waals surface area contributed by atoms with Gasteiger partial charge in [-0.15, -0.1) is 11.3 Å². The van der Waals surface area contributed by atoms with E-state index in [2.05, 4.69) is 15.9 Å². The second kappa shape index (κ2) is 5.80. The number of hydrogen-bond donors (Lipinski definition) is 1. The van der Waals surface area contributed by atoms with Gasteiger partial charge >= 0.3 is 0 Å². The van der Waals surface area contributed by atoms with Gasteiger partial charge in [0.15, 0.2) is 0 Å². The lowest BCUT2D eigenvalue weighted by Gasteiger charge is -2.13. The molecule has 1 aromatic carbocycles. The highest BCUT2D eigenvalue weighted by Gasteiger charge is 2.19. The lowest BCUT2D eigenvalue weighted by atomic mass is 10.0. The van der Waals surface area contributed by atoms with E-state index in [4.69, 9.17) is 27.9 Å². The third-order valence-electron chi connectivity index (χ3n) is 2.48. The molecule has 1 N–H and O–H groups in total. The van der Waals surface area contributed by atoms with Gasteiger partial charge in [-0.2, -0.15) is 0 Å². The Morgan fingerprint density at radius 1 is 1.28 bits per heavy atom. The highest BCUT2D eigenvalue weighted by atomic mass is 79.9. The molecule has 2 nitrogen and oxygen atoms in total. The van der Waals surface area contributed by atoms with Crippen molar-refractivity contribution in [3.63, 3.8) is 0 Å². The van der Waals surface area contributed by atoms with Crippen LogP contribution in [0, 0.1) is 0 Å². The highest BCUT2D eigenvalue weighted by molar-refractivity contribution is 9.10. The zero-order valence-electron chi connectivity index (χ0n) is 9.28. The van der Waals surface area contributed by atoms with E-state index in [1.54, 1.807) is 31.4 Å². The van der Waals surface area contributed by atoms with Crippen LogP contribution in [0.2, 0.25) is 8.67 Å². The van der Waals surface area contributed by atoms with Crippen LogP contribution in [0.15, 0.2) is 28.7 Å². The molecule has 0 saturated heterocycles. The van der Waals surface area contributed by atoms with Gasteiger partial charge in [-0.1, -0.05) is 45.2 Å². The van der Waals surface area contributed by atoms with Gasteiger partial charge in [-0.05, 0) is 23.8 Å². The maximum Gasteiger partial charge on any atom is 0.120 e. The molecule has 0 aliphatic carbocycles. The first-order valence-electron chi connectivity index (χ1n) is 4.99. The van der Waals surface area contributed by atoms with E-state index in [0.29, 0.717) is 25.5 Å². The molecule has 0 fully saturated rings. The van der Waals surface area contributed by atoms with E-state index in [-0.39, 0.29) is 0 Å². The van der Waals surface area contributed by atoms with E-state index in [1.807, 2.05) is 0 Å². The number of aliphatic hydroxyl groups is 1. The van der Waals surface area contributed by atoms with Crippen LogP contribution in [0.3, 0.4) is 0 Å². The van der Waals surface area contributed by atoms with E-state index in [1.165, 1.54) is 11.3 Å². The quantitative estimate of drug-likeness (QED) is 0.835. The summed E-state index contributed by atoms with van der Waals surface area (Å²) < 4.78 is 6.91. The molecule has 0 radical (unpaired) electrons. The Kier molecular flexibility index (Phi) is 4.56. The molecule has 6 heteroatoms. The topological polar surface area (TPSA) is 29.5 Å². The smallest absolute Gasteiger partial charge is 0.120 e. The predicted octanol–water partition coefficient (Wildman–Crippen LogP) is 4.91. The third kappa shape index (κ3) is 2.83. The first kappa shape index (κ1) is 14.2. The number of hydrogen-bond acceptors (Lipinski definition) is 3. The minimum absolute atomic E-state index is 0.496. The fraction of sp³-hybridized carbons (Fsp3) is 0.167. The van der Waals surface area contributed by atoms with Crippen molar-refractivity contribution < 1.29 is 9.84 Å². The summed E-state index contributed by atoms with van der Waals surface area (Å²) in [6, 6.07) is 7.04. The molecule has 1 unspecified atom stereocenters. The van der Waals surface area contributed by atoms with Crippen LogP contribution in [0.4, 0.5) is 0 Å². The maximum atomic E-state index is 10.3. The van der Waals surface area contributed by atoms with Gasteiger partial charge in [-0.25, -0.2) is 0 Å². The molecule has 1 heterocycles. The molecule has 0 amide bonds. The lowest BCUT2D eigenvalue weighted by molar-refractivity contribution is 0.220. The fourth-order valence-corrected chi connectivity index (χ4v) is 3.66. The number of halogens is 3. The molecule has 0 aliphatic heterocycles. The minimum atomic E-state index is -0.818. The number of thiophene rings is 1. The summed E-state index contributed by atoms with van der Waals surface area (Å²) in [5.41, 5.74) is 1.32. The van der Waals surface area contributed by atoms with Gasteiger partial charge in [0, 0.05) is 10.0 Å². The second-order valence-corrected chi connectivity index (χ2v) is 6.71. The highest BCUT2D eigenvalue weighted by Crippen LogP contribution is 2.39. The van der Waals surface area contributed by atoms with Gasteiger partial charge in [-0.3, -0.25) is 0 Å². The molecule has 0 bridgehead atoms. The molecule has 0 saturated carbocycles. The largest absolute Gasteiger partial charge is 0.497 e. The van der Waals surface area contributed by atoms with Crippen LogP contribution in [0.25, 0.3) is 0 Å². The summed E-state index contributed by atoms with van der Waals surface area (Å²) >= 11 is 16.6. The van der Waals surface area contributed by atoms with Crippen LogP contribution < -0.4 is 4.74 Å². The van der Waals surface area contributed by atoms with Crippen LogP contribution in [0.5, 0.6) is 5.75 Å². The van der Waals surface area contributed by atoms with Crippen LogP contribution in [-0.4, -0.2) is 12.2 Å². The third-order valence-corrected chi connectivity index (χ3v) is 4.68. The lowest BCUT2D eigenvalue weighted by Crippen LogP contribution is -2.00. The molecule has 0 spiro atoms. The first-order valence-corrected chi connectivity index (χ1v) is 7.35. The summed E-state index contributed by atoms with van der Waals surface area (Å²) in [6.45, 7) is 0. The standard InChI is InChI=1S/C12H9BrCl2O2S/c1-17-6-2-3-7(9(13)4-6)11(16)8-5-10(14)18-12(8)15/h2-5,11,16H,1H3. The van der Waals surface area contributed by atoms with Crippen molar-refractivity contribution in [3.05, 3.63) is 48.5 Å². The van der Waals surface area contributed by atoms with Crippen LogP contribution in [-0.2, 0) is 0 Å². The van der Waals surface area contributed by atoms with E-state index < -0.39 is 6.10 Å². The van der Waals surface area contributed by atoms with Crippen molar-refractivity contribution >= 4 is 50.5 Å². The number of methoxy groups -OCH3 is 1. The normalized spacial score (nSPS) is 12.5. The van der Waals surface area contributed by atoms with Crippen molar-refractivity contribution in [3.8, 4) is 5.75 Å². The first-order chi connectivity index (χ1) is 8.52. The fourth-order valence-electron chi connectivity index (χ4n) is 1.56. The monoisotopic (exact) mass is 366 g/mol. The predicted molar refractivity (Wildman–Crippen MR) is 79.1 cm³/mol. The average molecular weight is 368 g/mol.